The van der Waals surface area contributed by atoms with Gasteiger partial charge < -0.3 is 14.8 Å². The molecule has 1 amide bonds. The maximum Gasteiger partial charge on any atom is 0.242 e. The van der Waals surface area contributed by atoms with Crippen LogP contribution in [0.4, 0.5) is 5.69 Å². The first kappa shape index (κ1) is 23.3. The van der Waals surface area contributed by atoms with Crippen molar-refractivity contribution in [1.29, 1.82) is 0 Å². The Morgan fingerprint density at radius 1 is 0.906 bits per heavy atom. The third kappa shape index (κ3) is 5.87. The number of amides is 1. The number of hydrogen-bond acceptors (Lipinski definition) is 5. The van der Waals surface area contributed by atoms with Crippen molar-refractivity contribution < 1.29 is 22.7 Å². The highest BCUT2D eigenvalue weighted by molar-refractivity contribution is 7.89. The molecule has 1 unspecified atom stereocenters. The van der Waals surface area contributed by atoms with Gasteiger partial charge in [-0.05, 0) is 48.7 Å². The van der Waals surface area contributed by atoms with Crippen LogP contribution in [0.5, 0.6) is 11.5 Å². The van der Waals surface area contributed by atoms with Crippen LogP contribution in [0.15, 0.2) is 77.7 Å². The lowest BCUT2D eigenvalue weighted by Crippen LogP contribution is -2.45. The molecule has 0 saturated carbocycles. The van der Waals surface area contributed by atoms with Crippen molar-refractivity contribution in [1.82, 2.24) is 4.72 Å². The largest absolute Gasteiger partial charge is 0.493 e. The predicted octanol–water partition coefficient (Wildman–Crippen LogP) is 3.54. The molecule has 0 aliphatic carbocycles. The summed E-state index contributed by atoms with van der Waals surface area (Å²) in [5, 5.41) is 2.81. The van der Waals surface area contributed by atoms with Gasteiger partial charge in [-0.1, -0.05) is 42.5 Å². The van der Waals surface area contributed by atoms with Gasteiger partial charge in [-0.2, -0.15) is 4.72 Å². The number of rotatable bonds is 9. The smallest absolute Gasteiger partial charge is 0.242 e. The Bertz CT molecular complexity index is 1180. The second kappa shape index (κ2) is 10.3. The van der Waals surface area contributed by atoms with E-state index in [9.17, 15) is 13.2 Å². The first-order valence-electron chi connectivity index (χ1n) is 9.98. The lowest BCUT2D eigenvalue weighted by molar-refractivity contribution is -0.117. The van der Waals surface area contributed by atoms with Gasteiger partial charge in [0.1, 0.15) is 6.04 Å². The Morgan fingerprint density at radius 3 is 2.28 bits per heavy atom. The van der Waals surface area contributed by atoms with E-state index in [2.05, 4.69) is 10.0 Å². The number of methoxy groups -OCH3 is 2. The predicted molar refractivity (Wildman–Crippen MR) is 124 cm³/mol. The Hall–Kier alpha value is -3.36. The Labute approximate surface area is 188 Å². The number of carbonyl (C=O) groups excluding carboxylic acids is 1. The molecule has 0 spiro atoms. The molecule has 2 N–H and O–H groups in total. The fraction of sp³-hybridized carbons (Fsp3) is 0.208. The van der Waals surface area contributed by atoms with Crippen LogP contribution >= 0.6 is 0 Å². The van der Waals surface area contributed by atoms with Crippen LogP contribution < -0.4 is 19.5 Å². The SMILES string of the molecule is COc1ccc(S(=O)(=O)NC(Cc2ccccc2)C(=O)Nc2cccc(C)c2)cc1OC. The van der Waals surface area contributed by atoms with Gasteiger partial charge in [0.2, 0.25) is 15.9 Å². The summed E-state index contributed by atoms with van der Waals surface area (Å²) in [7, 11) is -1.14. The fourth-order valence-electron chi connectivity index (χ4n) is 3.23. The Balaban J connectivity index is 1.89. The van der Waals surface area contributed by atoms with E-state index in [1.165, 1.54) is 32.4 Å². The highest BCUT2D eigenvalue weighted by Crippen LogP contribution is 2.29. The van der Waals surface area contributed by atoms with Crippen molar-refractivity contribution in [3.05, 3.63) is 83.9 Å². The zero-order valence-corrected chi connectivity index (χ0v) is 19.0. The summed E-state index contributed by atoms with van der Waals surface area (Å²) in [5.41, 5.74) is 2.40. The maximum absolute atomic E-state index is 13.1. The standard InChI is InChI=1S/C24H26N2O5S/c1-17-8-7-11-19(14-17)25-24(27)21(15-18-9-5-4-6-10-18)26-32(28,29)20-12-13-22(30-2)23(16-20)31-3/h4-14,16,21,26H,15H2,1-3H3,(H,25,27). The Kier molecular flexibility index (Phi) is 7.50. The molecule has 0 saturated heterocycles. The molecule has 0 aliphatic heterocycles. The van der Waals surface area contributed by atoms with Crippen molar-refractivity contribution >= 4 is 21.6 Å². The molecule has 0 aromatic heterocycles. The van der Waals surface area contributed by atoms with Crippen LogP contribution in [0.3, 0.4) is 0 Å². The topological polar surface area (TPSA) is 93.7 Å². The summed E-state index contributed by atoms with van der Waals surface area (Å²) >= 11 is 0. The van der Waals surface area contributed by atoms with E-state index in [0.29, 0.717) is 11.4 Å². The van der Waals surface area contributed by atoms with Gasteiger partial charge in [-0.3, -0.25) is 4.79 Å². The van der Waals surface area contributed by atoms with Gasteiger partial charge in [0.05, 0.1) is 19.1 Å². The number of anilines is 1. The zero-order valence-electron chi connectivity index (χ0n) is 18.2. The van der Waals surface area contributed by atoms with Gasteiger partial charge in [-0.15, -0.1) is 0 Å². The molecule has 0 bridgehead atoms. The van der Waals surface area contributed by atoms with E-state index in [-0.39, 0.29) is 17.1 Å². The third-order valence-electron chi connectivity index (χ3n) is 4.85. The van der Waals surface area contributed by atoms with Crippen molar-refractivity contribution in [2.75, 3.05) is 19.5 Å². The molecule has 3 rings (SSSR count). The lowest BCUT2D eigenvalue weighted by atomic mass is 10.1. The highest BCUT2D eigenvalue weighted by Gasteiger charge is 2.27. The number of sulfonamides is 1. The minimum Gasteiger partial charge on any atom is -0.493 e. The van der Waals surface area contributed by atoms with Gasteiger partial charge in [0, 0.05) is 11.8 Å². The lowest BCUT2D eigenvalue weighted by Gasteiger charge is -2.19. The number of ether oxygens (including phenoxy) is 2. The van der Waals surface area contributed by atoms with Crippen LogP contribution in [-0.4, -0.2) is 34.6 Å². The molecule has 0 fully saturated rings. The van der Waals surface area contributed by atoms with Crippen molar-refractivity contribution in [2.24, 2.45) is 0 Å². The minimum atomic E-state index is -4.03. The van der Waals surface area contributed by atoms with Crippen LogP contribution in [0.2, 0.25) is 0 Å². The number of aryl methyl sites for hydroxylation is 1. The van der Waals surface area contributed by atoms with Gasteiger partial charge >= 0.3 is 0 Å². The monoisotopic (exact) mass is 454 g/mol. The highest BCUT2D eigenvalue weighted by atomic mass is 32.2. The quantitative estimate of drug-likeness (QED) is 0.516. The summed E-state index contributed by atoms with van der Waals surface area (Å²) in [4.78, 5) is 13.0. The van der Waals surface area contributed by atoms with Crippen molar-refractivity contribution in [2.45, 2.75) is 24.3 Å². The normalized spacial score (nSPS) is 12.1. The molecule has 3 aromatic rings. The molecular weight excluding hydrogens is 428 g/mol. The van der Waals surface area contributed by atoms with E-state index in [1.54, 1.807) is 6.07 Å². The van der Waals surface area contributed by atoms with Gasteiger partial charge in [0.15, 0.2) is 11.5 Å². The molecule has 32 heavy (non-hydrogen) atoms. The number of nitrogens with one attached hydrogen (secondary N) is 2. The second-order valence-electron chi connectivity index (χ2n) is 7.24. The van der Waals surface area contributed by atoms with Crippen molar-refractivity contribution in [3.63, 3.8) is 0 Å². The fourth-order valence-corrected chi connectivity index (χ4v) is 4.44. The summed E-state index contributed by atoms with van der Waals surface area (Å²) in [6.45, 7) is 1.91. The summed E-state index contributed by atoms with van der Waals surface area (Å²) in [5.74, 6) is 0.229. The minimum absolute atomic E-state index is 0.0310. The van der Waals surface area contributed by atoms with Crippen LogP contribution in [0, 0.1) is 6.92 Å². The number of benzene rings is 3. The van der Waals surface area contributed by atoms with E-state index in [0.717, 1.165) is 11.1 Å². The molecule has 168 valence electrons. The molecule has 3 aromatic carbocycles. The Morgan fingerprint density at radius 2 is 1.62 bits per heavy atom. The molecule has 8 heteroatoms. The molecule has 0 aliphatic rings. The summed E-state index contributed by atoms with van der Waals surface area (Å²) < 4.78 is 39.2. The summed E-state index contributed by atoms with van der Waals surface area (Å²) in [6.07, 6.45) is 0.186. The first-order chi connectivity index (χ1) is 15.3. The average molecular weight is 455 g/mol. The second-order valence-corrected chi connectivity index (χ2v) is 8.95. The number of hydrogen-bond donors (Lipinski definition) is 2. The van der Waals surface area contributed by atoms with E-state index in [4.69, 9.17) is 9.47 Å². The average Bonchev–Trinajstić information content (AvgIpc) is 2.78. The molecule has 7 nitrogen and oxygen atoms in total. The van der Waals surface area contributed by atoms with E-state index in [1.807, 2.05) is 55.5 Å². The third-order valence-corrected chi connectivity index (χ3v) is 6.32. The van der Waals surface area contributed by atoms with E-state index < -0.39 is 22.0 Å². The van der Waals surface area contributed by atoms with Gasteiger partial charge in [-0.25, -0.2) is 8.42 Å². The first-order valence-corrected chi connectivity index (χ1v) is 11.5. The zero-order chi connectivity index (χ0) is 23.1. The van der Waals surface area contributed by atoms with Crippen LogP contribution in [-0.2, 0) is 21.2 Å². The van der Waals surface area contributed by atoms with Crippen LogP contribution in [0.1, 0.15) is 11.1 Å². The van der Waals surface area contributed by atoms with Gasteiger partial charge in [0.25, 0.3) is 0 Å². The molecule has 1 atom stereocenters. The maximum atomic E-state index is 13.1. The molecular formula is C24H26N2O5S. The van der Waals surface area contributed by atoms with Crippen LogP contribution in [0.25, 0.3) is 0 Å². The molecule has 0 heterocycles. The molecule has 0 radical (unpaired) electrons. The number of carbonyl (C=O) groups is 1. The summed E-state index contributed by atoms with van der Waals surface area (Å²) in [6, 6.07) is 19.8. The van der Waals surface area contributed by atoms with E-state index >= 15 is 0 Å². The van der Waals surface area contributed by atoms with Crippen molar-refractivity contribution in [3.8, 4) is 11.5 Å².